The maximum atomic E-state index is 12.4. The van der Waals surface area contributed by atoms with Crippen molar-refractivity contribution in [3.63, 3.8) is 0 Å². The van der Waals surface area contributed by atoms with Crippen LogP contribution in [0.25, 0.3) is 0 Å². The Balaban J connectivity index is 2.47. The second kappa shape index (κ2) is 13.6. The molecule has 0 saturated carbocycles. The van der Waals surface area contributed by atoms with E-state index in [9.17, 15) is 19.5 Å². The largest absolute Gasteiger partial charge is 0.508 e. The summed E-state index contributed by atoms with van der Waals surface area (Å²) in [5, 5.41) is 17.2. The molecule has 0 heterocycles. The highest BCUT2D eigenvalue weighted by molar-refractivity contribution is 5.91. The summed E-state index contributed by atoms with van der Waals surface area (Å²) in [5.74, 6) is -0.696. The molecule has 0 spiro atoms. The first-order valence-corrected chi connectivity index (χ1v) is 10.0. The Labute approximate surface area is 167 Å². The van der Waals surface area contributed by atoms with Gasteiger partial charge in [-0.3, -0.25) is 14.4 Å². The summed E-state index contributed by atoms with van der Waals surface area (Å²) >= 11 is 0. The van der Waals surface area contributed by atoms with Gasteiger partial charge in [0.2, 0.25) is 17.7 Å². The Hall–Kier alpha value is -2.57. The molecule has 7 nitrogen and oxygen atoms in total. The molecule has 7 heteroatoms. The van der Waals surface area contributed by atoms with Crippen LogP contribution >= 0.6 is 0 Å². The van der Waals surface area contributed by atoms with Gasteiger partial charge in [-0.15, -0.1) is 0 Å². The summed E-state index contributed by atoms with van der Waals surface area (Å²) in [7, 11) is 1.50. The molecular formula is C21H33N3O4. The first-order valence-electron chi connectivity index (χ1n) is 10.0. The minimum absolute atomic E-state index is 0.0941. The zero-order valence-corrected chi connectivity index (χ0v) is 16.9. The quantitative estimate of drug-likeness (QED) is 0.386. The maximum absolute atomic E-state index is 12.4. The maximum Gasteiger partial charge on any atom is 0.243 e. The molecule has 0 radical (unpaired) electrons. The fraction of sp³-hybridized carbons (Fsp3) is 0.571. The Morgan fingerprint density at radius 2 is 1.68 bits per heavy atom. The average Bonchev–Trinajstić information content (AvgIpc) is 2.68. The van der Waals surface area contributed by atoms with Gasteiger partial charge in [-0.25, -0.2) is 0 Å². The van der Waals surface area contributed by atoms with E-state index in [1.807, 2.05) is 0 Å². The lowest BCUT2D eigenvalue weighted by Crippen LogP contribution is -2.49. The monoisotopic (exact) mass is 391 g/mol. The second-order valence-electron chi connectivity index (χ2n) is 6.87. The Kier molecular flexibility index (Phi) is 11.4. The van der Waals surface area contributed by atoms with Gasteiger partial charge in [-0.05, 0) is 30.5 Å². The number of benzene rings is 1. The third kappa shape index (κ3) is 9.94. The van der Waals surface area contributed by atoms with E-state index in [2.05, 4.69) is 22.9 Å². The highest BCUT2D eigenvalue weighted by Crippen LogP contribution is 2.09. The topological polar surface area (TPSA) is 108 Å². The number of aromatic hydroxyl groups is 1. The van der Waals surface area contributed by atoms with Gasteiger partial charge in [0.05, 0.1) is 6.42 Å². The molecule has 0 unspecified atom stereocenters. The number of nitrogens with one attached hydrogen (secondary N) is 3. The van der Waals surface area contributed by atoms with Crippen molar-refractivity contribution in [2.24, 2.45) is 0 Å². The number of phenols is 1. The number of carbonyl (C=O) groups excluding carboxylic acids is 3. The van der Waals surface area contributed by atoms with Crippen molar-refractivity contribution in [3.05, 3.63) is 29.8 Å². The SMILES string of the molecule is CCCCCCCC(=O)N[C@H](CC(=O)NC)C(=O)NCCc1ccc(O)cc1. The molecule has 1 rings (SSSR count). The van der Waals surface area contributed by atoms with E-state index in [1.165, 1.54) is 7.05 Å². The van der Waals surface area contributed by atoms with Crippen LogP contribution in [0.3, 0.4) is 0 Å². The Bertz CT molecular complexity index is 617. The molecule has 4 N–H and O–H groups in total. The summed E-state index contributed by atoms with van der Waals surface area (Å²) < 4.78 is 0. The van der Waals surface area contributed by atoms with E-state index in [-0.39, 0.29) is 29.9 Å². The van der Waals surface area contributed by atoms with E-state index in [4.69, 9.17) is 0 Å². The number of rotatable bonds is 13. The number of hydrogen-bond donors (Lipinski definition) is 4. The van der Waals surface area contributed by atoms with Crippen LogP contribution in [0.2, 0.25) is 0 Å². The molecule has 1 atom stereocenters. The molecule has 0 aliphatic carbocycles. The predicted molar refractivity (Wildman–Crippen MR) is 109 cm³/mol. The highest BCUT2D eigenvalue weighted by atomic mass is 16.3. The third-order valence-electron chi connectivity index (χ3n) is 4.48. The lowest BCUT2D eigenvalue weighted by atomic mass is 10.1. The van der Waals surface area contributed by atoms with Crippen molar-refractivity contribution in [2.45, 2.75) is 64.3 Å². The Morgan fingerprint density at radius 3 is 2.32 bits per heavy atom. The molecule has 0 saturated heterocycles. The highest BCUT2D eigenvalue weighted by Gasteiger charge is 2.23. The molecule has 0 bridgehead atoms. The number of unbranched alkanes of at least 4 members (excludes halogenated alkanes) is 4. The van der Waals surface area contributed by atoms with Crippen molar-refractivity contribution >= 4 is 17.7 Å². The summed E-state index contributed by atoms with van der Waals surface area (Å²) in [6.45, 7) is 2.51. The van der Waals surface area contributed by atoms with Crippen molar-refractivity contribution < 1.29 is 19.5 Å². The van der Waals surface area contributed by atoms with E-state index >= 15 is 0 Å². The van der Waals surface area contributed by atoms with Crippen LogP contribution in [-0.4, -0.2) is 42.5 Å². The second-order valence-corrected chi connectivity index (χ2v) is 6.87. The molecule has 0 aliphatic heterocycles. The van der Waals surface area contributed by atoms with Gasteiger partial charge in [-0.1, -0.05) is 44.7 Å². The molecule has 1 aromatic carbocycles. The molecule has 0 aliphatic rings. The molecule has 0 aromatic heterocycles. The smallest absolute Gasteiger partial charge is 0.243 e. The summed E-state index contributed by atoms with van der Waals surface area (Å²) in [6, 6.07) is 5.86. The van der Waals surface area contributed by atoms with Crippen molar-refractivity contribution in [2.75, 3.05) is 13.6 Å². The van der Waals surface area contributed by atoms with Gasteiger partial charge in [-0.2, -0.15) is 0 Å². The molecule has 0 fully saturated rings. The van der Waals surface area contributed by atoms with Gasteiger partial charge in [0.25, 0.3) is 0 Å². The third-order valence-corrected chi connectivity index (χ3v) is 4.48. The van der Waals surface area contributed by atoms with E-state index < -0.39 is 6.04 Å². The summed E-state index contributed by atoms with van der Waals surface area (Å²) in [4.78, 5) is 36.3. The zero-order chi connectivity index (χ0) is 20.8. The average molecular weight is 392 g/mol. The van der Waals surface area contributed by atoms with Crippen molar-refractivity contribution in [3.8, 4) is 5.75 Å². The number of amides is 3. The van der Waals surface area contributed by atoms with Crippen LogP contribution in [-0.2, 0) is 20.8 Å². The lowest BCUT2D eigenvalue weighted by molar-refractivity contribution is -0.131. The molecule has 28 heavy (non-hydrogen) atoms. The molecule has 1 aromatic rings. The fourth-order valence-electron chi connectivity index (χ4n) is 2.77. The first kappa shape index (κ1) is 23.5. The minimum Gasteiger partial charge on any atom is -0.508 e. The van der Waals surface area contributed by atoms with Gasteiger partial charge in [0.1, 0.15) is 11.8 Å². The fourth-order valence-corrected chi connectivity index (χ4v) is 2.77. The van der Waals surface area contributed by atoms with Crippen LogP contribution in [0.15, 0.2) is 24.3 Å². The lowest BCUT2D eigenvalue weighted by Gasteiger charge is -2.18. The molecule has 156 valence electrons. The number of phenolic OH excluding ortho intramolecular Hbond substituents is 1. The molecule has 3 amide bonds. The van der Waals surface area contributed by atoms with Gasteiger partial charge in [0.15, 0.2) is 0 Å². The summed E-state index contributed by atoms with van der Waals surface area (Å²) in [6.07, 6.45) is 6.02. The van der Waals surface area contributed by atoms with E-state index in [0.29, 0.717) is 19.4 Å². The van der Waals surface area contributed by atoms with Gasteiger partial charge in [0, 0.05) is 20.0 Å². The first-order chi connectivity index (χ1) is 13.5. The predicted octanol–water partition coefficient (Wildman–Crippen LogP) is 2.03. The van der Waals surface area contributed by atoms with Crippen LogP contribution in [0, 0.1) is 0 Å². The van der Waals surface area contributed by atoms with Crippen molar-refractivity contribution in [1.82, 2.24) is 16.0 Å². The zero-order valence-electron chi connectivity index (χ0n) is 16.9. The van der Waals surface area contributed by atoms with Crippen LogP contribution in [0.1, 0.15) is 57.4 Å². The molecular weight excluding hydrogens is 358 g/mol. The van der Waals surface area contributed by atoms with Gasteiger partial charge >= 0.3 is 0 Å². The van der Waals surface area contributed by atoms with Crippen molar-refractivity contribution in [1.29, 1.82) is 0 Å². The standard InChI is InChI=1S/C21H33N3O4/c1-3-4-5-6-7-8-19(26)24-18(15-20(27)22-2)21(28)23-14-13-16-9-11-17(25)12-10-16/h9-12,18,25H,3-8,13-15H2,1-2H3,(H,22,27)(H,23,28)(H,24,26)/t18-/m1/s1. The summed E-state index contributed by atoms with van der Waals surface area (Å²) in [5.41, 5.74) is 0.970. The van der Waals surface area contributed by atoms with Crippen LogP contribution in [0.4, 0.5) is 0 Å². The number of carbonyl (C=O) groups is 3. The number of hydrogen-bond acceptors (Lipinski definition) is 4. The van der Waals surface area contributed by atoms with Crippen LogP contribution in [0.5, 0.6) is 5.75 Å². The van der Waals surface area contributed by atoms with Gasteiger partial charge < -0.3 is 21.1 Å². The normalized spacial score (nSPS) is 11.5. The van der Waals surface area contributed by atoms with E-state index in [1.54, 1.807) is 24.3 Å². The van der Waals surface area contributed by atoms with Crippen LogP contribution < -0.4 is 16.0 Å². The minimum atomic E-state index is -0.886. The van der Waals surface area contributed by atoms with E-state index in [0.717, 1.165) is 37.7 Å². The Morgan fingerprint density at radius 1 is 1.00 bits per heavy atom.